The second-order valence-electron chi connectivity index (χ2n) is 7.74. The van der Waals surface area contributed by atoms with E-state index < -0.39 is 0 Å². The molecule has 34 heavy (non-hydrogen) atoms. The van der Waals surface area contributed by atoms with Gasteiger partial charge in [-0.2, -0.15) is 10.4 Å². The number of pyridine rings is 1. The lowest BCUT2D eigenvalue weighted by molar-refractivity contribution is 0.863. The van der Waals surface area contributed by atoms with E-state index in [1.807, 2.05) is 61.5 Å². The maximum atomic E-state index is 9.54. The summed E-state index contributed by atoms with van der Waals surface area (Å²) in [6.45, 7) is 1.85. The van der Waals surface area contributed by atoms with Gasteiger partial charge in [-0.3, -0.25) is 4.98 Å². The van der Waals surface area contributed by atoms with Crippen LogP contribution in [0.5, 0.6) is 0 Å². The van der Waals surface area contributed by atoms with E-state index in [2.05, 4.69) is 42.5 Å². The number of nitriles is 1. The molecule has 0 unspecified atom stereocenters. The van der Waals surface area contributed by atoms with Crippen molar-refractivity contribution in [3.8, 4) is 23.0 Å². The number of hydrogen-bond acceptors (Lipinski definition) is 7. The number of nitrogens with one attached hydrogen (secondary N) is 1. The Morgan fingerprint density at radius 2 is 1.74 bits per heavy atom. The minimum Gasteiger partial charge on any atom is -0.324 e. The Morgan fingerprint density at radius 3 is 2.47 bits per heavy atom. The van der Waals surface area contributed by atoms with Gasteiger partial charge in [-0.05, 0) is 85.1 Å². The minimum atomic E-state index is 0.472. The predicted molar refractivity (Wildman–Crippen MR) is 129 cm³/mol. The van der Waals surface area contributed by atoms with Crippen LogP contribution in [0.2, 0.25) is 0 Å². The summed E-state index contributed by atoms with van der Waals surface area (Å²) < 4.78 is 1.72. The molecule has 0 saturated heterocycles. The molecule has 8 nitrogen and oxygen atoms in total. The zero-order valence-corrected chi connectivity index (χ0v) is 18.4. The molecule has 0 amide bonds. The average Bonchev–Trinajstić information content (AvgIpc) is 3.31. The molecule has 0 aliphatic carbocycles. The Kier molecular flexibility index (Phi) is 5.74. The number of hydrogen-bond donors (Lipinski definition) is 1. The van der Waals surface area contributed by atoms with E-state index >= 15 is 0 Å². The van der Waals surface area contributed by atoms with Crippen molar-refractivity contribution >= 4 is 11.6 Å². The summed E-state index contributed by atoms with van der Waals surface area (Å²) in [6.07, 6.45) is 7.64. The summed E-state index contributed by atoms with van der Waals surface area (Å²) in [5.74, 6) is 1.19. The first-order valence-corrected chi connectivity index (χ1v) is 10.7. The van der Waals surface area contributed by atoms with Gasteiger partial charge < -0.3 is 5.32 Å². The Bertz CT molecular complexity index is 1470. The maximum absolute atomic E-state index is 9.54. The molecule has 3 heterocycles. The molecule has 164 valence electrons. The van der Waals surface area contributed by atoms with Crippen LogP contribution in [0, 0.1) is 18.3 Å². The molecule has 0 radical (unpaired) electrons. The van der Waals surface area contributed by atoms with Gasteiger partial charge in [0.2, 0.25) is 5.95 Å². The van der Waals surface area contributed by atoms with Crippen molar-refractivity contribution in [2.45, 2.75) is 13.3 Å². The van der Waals surface area contributed by atoms with Gasteiger partial charge in [-0.25, -0.2) is 19.6 Å². The molecule has 0 bridgehead atoms. The number of anilines is 2. The molecule has 0 aliphatic heterocycles. The molecule has 0 fully saturated rings. The number of rotatable bonds is 6. The Balaban J connectivity index is 1.38. The highest BCUT2D eigenvalue weighted by molar-refractivity contribution is 5.65. The van der Waals surface area contributed by atoms with Crippen molar-refractivity contribution < 1.29 is 0 Å². The van der Waals surface area contributed by atoms with Gasteiger partial charge in [-0.15, -0.1) is 0 Å². The normalized spacial score (nSPS) is 10.6. The fourth-order valence-corrected chi connectivity index (χ4v) is 3.62. The van der Waals surface area contributed by atoms with E-state index in [4.69, 9.17) is 0 Å². The van der Waals surface area contributed by atoms with E-state index in [1.54, 1.807) is 29.6 Å². The molecular weight excluding hydrogens is 424 g/mol. The second kappa shape index (κ2) is 9.30. The summed E-state index contributed by atoms with van der Waals surface area (Å²) >= 11 is 0. The van der Waals surface area contributed by atoms with Crippen molar-refractivity contribution in [3.63, 3.8) is 0 Å². The lowest BCUT2D eigenvalue weighted by Crippen LogP contribution is -2.00. The van der Waals surface area contributed by atoms with Crippen molar-refractivity contribution in [2.24, 2.45) is 0 Å². The van der Waals surface area contributed by atoms with E-state index in [0.717, 1.165) is 39.6 Å². The van der Waals surface area contributed by atoms with Gasteiger partial charge in [0.05, 0.1) is 23.0 Å². The highest BCUT2D eigenvalue weighted by atomic mass is 15.3. The smallest absolute Gasteiger partial charge is 0.227 e. The molecule has 3 aromatic heterocycles. The van der Waals surface area contributed by atoms with E-state index in [-0.39, 0.29) is 0 Å². The molecule has 0 saturated carbocycles. The lowest BCUT2D eigenvalue weighted by atomic mass is 9.99. The third kappa shape index (κ3) is 4.79. The molecule has 5 rings (SSSR count). The number of nitrogens with zero attached hydrogens (tertiary/aromatic N) is 7. The average molecular weight is 445 g/mol. The standard InChI is InChI=1S/C26H20N8/c1-18-30-17-34(33-18)24-4-2-23(3-5-24)31-26-29-11-8-25(32-26)22-14-20(13-21(15-22)16-27)12-19-6-9-28-10-7-19/h2-11,13-15,17H,12H2,1H3,(H,29,31,32). The number of aromatic nitrogens is 6. The van der Waals surface area contributed by atoms with Crippen molar-refractivity contribution in [2.75, 3.05) is 5.32 Å². The first-order valence-electron chi connectivity index (χ1n) is 10.7. The quantitative estimate of drug-likeness (QED) is 0.407. The Labute approximate surface area is 196 Å². The van der Waals surface area contributed by atoms with Gasteiger partial charge >= 0.3 is 0 Å². The van der Waals surface area contributed by atoms with Crippen LogP contribution in [0.1, 0.15) is 22.5 Å². The monoisotopic (exact) mass is 444 g/mol. The third-order valence-electron chi connectivity index (χ3n) is 5.23. The van der Waals surface area contributed by atoms with Crippen LogP contribution in [-0.4, -0.2) is 29.7 Å². The predicted octanol–water partition coefficient (Wildman–Crippen LogP) is 4.63. The highest BCUT2D eigenvalue weighted by Gasteiger charge is 2.08. The number of aryl methyl sites for hydroxylation is 1. The van der Waals surface area contributed by atoms with Crippen molar-refractivity contribution in [3.05, 3.63) is 108 Å². The minimum absolute atomic E-state index is 0.472. The zero-order valence-electron chi connectivity index (χ0n) is 18.4. The van der Waals surface area contributed by atoms with Gasteiger partial charge in [0.1, 0.15) is 12.2 Å². The van der Waals surface area contributed by atoms with Crippen molar-refractivity contribution in [1.29, 1.82) is 5.26 Å². The molecule has 5 aromatic rings. The Morgan fingerprint density at radius 1 is 0.912 bits per heavy atom. The van der Waals surface area contributed by atoms with Gasteiger partial charge in [0, 0.05) is 29.8 Å². The highest BCUT2D eigenvalue weighted by Crippen LogP contribution is 2.24. The van der Waals surface area contributed by atoms with Gasteiger partial charge in [-0.1, -0.05) is 0 Å². The van der Waals surface area contributed by atoms with Crippen LogP contribution in [0.15, 0.2) is 85.6 Å². The third-order valence-corrected chi connectivity index (χ3v) is 5.23. The van der Waals surface area contributed by atoms with Crippen LogP contribution >= 0.6 is 0 Å². The molecular formula is C26H20N8. The SMILES string of the molecule is Cc1ncn(-c2ccc(Nc3nccc(-c4cc(C#N)cc(Cc5ccncc5)c4)n3)cc2)n1. The summed E-state index contributed by atoms with van der Waals surface area (Å²) in [7, 11) is 0. The van der Waals surface area contributed by atoms with Crippen LogP contribution in [0.25, 0.3) is 16.9 Å². The van der Waals surface area contributed by atoms with E-state index in [9.17, 15) is 5.26 Å². The first kappa shape index (κ1) is 21.0. The van der Waals surface area contributed by atoms with E-state index in [1.165, 1.54) is 0 Å². The summed E-state index contributed by atoms with van der Waals surface area (Å²) in [6, 6.07) is 21.6. The molecule has 2 aromatic carbocycles. The summed E-state index contributed by atoms with van der Waals surface area (Å²) in [5, 5.41) is 17.1. The fraction of sp³-hybridized carbons (Fsp3) is 0.0769. The number of benzene rings is 2. The van der Waals surface area contributed by atoms with Crippen LogP contribution in [0.4, 0.5) is 11.6 Å². The van der Waals surface area contributed by atoms with Crippen LogP contribution < -0.4 is 5.32 Å². The van der Waals surface area contributed by atoms with Gasteiger partial charge in [0.25, 0.3) is 0 Å². The fourth-order valence-electron chi connectivity index (χ4n) is 3.62. The topological polar surface area (TPSA) is 105 Å². The zero-order chi connectivity index (χ0) is 23.3. The second-order valence-corrected chi connectivity index (χ2v) is 7.74. The Hall–Kier alpha value is -4.90. The largest absolute Gasteiger partial charge is 0.324 e. The van der Waals surface area contributed by atoms with Crippen LogP contribution in [-0.2, 0) is 6.42 Å². The summed E-state index contributed by atoms with van der Waals surface area (Å²) in [5.41, 5.74) is 6.12. The molecule has 8 heteroatoms. The first-order chi connectivity index (χ1) is 16.7. The van der Waals surface area contributed by atoms with Crippen LogP contribution in [0.3, 0.4) is 0 Å². The lowest BCUT2D eigenvalue weighted by Gasteiger charge is -2.09. The molecule has 0 atom stereocenters. The van der Waals surface area contributed by atoms with Crippen molar-refractivity contribution in [1.82, 2.24) is 29.7 Å². The molecule has 0 spiro atoms. The summed E-state index contributed by atoms with van der Waals surface area (Å²) in [4.78, 5) is 17.3. The van der Waals surface area contributed by atoms with E-state index in [0.29, 0.717) is 17.9 Å². The molecule has 1 N–H and O–H groups in total. The molecule has 0 aliphatic rings. The van der Waals surface area contributed by atoms with Gasteiger partial charge in [0.15, 0.2) is 0 Å². The maximum Gasteiger partial charge on any atom is 0.227 e.